The molecule has 1 atom stereocenters. The van der Waals surface area contributed by atoms with Gasteiger partial charge >= 0.3 is 5.97 Å². The van der Waals surface area contributed by atoms with Gasteiger partial charge in [0.05, 0.1) is 0 Å². The lowest BCUT2D eigenvalue weighted by Gasteiger charge is -2.21. The first-order valence-corrected chi connectivity index (χ1v) is 8.88. The second-order valence-electron chi connectivity index (χ2n) is 5.62. The van der Waals surface area contributed by atoms with Crippen LogP contribution in [-0.2, 0) is 16.0 Å². The van der Waals surface area contributed by atoms with E-state index in [1.165, 1.54) is 11.3 Å². The Morgan fingerprint density at radius 2 is 2.28 bits per heavy atom. The summed E-state index contributed by atoms with van der Waals surface area (Å²) in [6, 6.07) is 7.77. The van der Waals surface area contributed by atoms with Crippen LogP contribution in [0, 0.1) is 0 Å². The highest BCUT2D eigenvalue weighted by atomic mass is 32.1. The summed E-state index contributed by atoms with van der Waals surface area (Å²) in [6.45, 7) is 6.36. The van der Waals surface area contributed by atoms with Gasteiger partial charge in [-0.1, -0.05) is 24.3 Å². The molecule has 0 radical (unpaired) electrons. The van der Waals surface area contributed by atoms with Crippen LogP contribution in [0.1, 0.15) is 23.0 Å². The second-order valence-corrected chi connectivity index (χ2v) is 6.48. The van der Waals surface area contributed by atoms with Gasteiger partial charge in [-0.15, -0.1) is 17.9 Å². The van der Waals surface area contributed by atoms with Gasteiger partial charge in [0.15, 0.2) is 16.9 Å². The van der Waals surface area contributed by atoms with E-state index in [1.807, 2.05) is 24.3 Å². The Kier molecular flexibility index (Phi) is 5.14. The number of nitrogens with zero attached hydrogens (tertiary/aromatic N) is 2. The van der Waals surface area contributed by atoms with Crippen LogP contribution < -0.4 is 10.2 Å². The molecule has 1 amide bonds. The molecule has 0 saturated heterocycles. The maximum absolute atomic E-state index is 12.6. The SMILES string of the molecule is C=CCNc1nc(C(=O)OC(C)C(=O)N2CCc3ccccc32)cs1. The van der Waals surface area contributed by atoms with Crippen molar-refractivity contribution in [3.8, 4) is 0 Å². The number of amides is 1. The topological polar surface area (TPSA) is 71.5 Å². The molecule has 0 fully saturated rings. The number of thiazole rings is 1. The molecule has 2 heterocycles. The Hall–Kier alpha value is -2.67. The minimum Gasteiger partial charge on any atom is -0.448 e. The molecule has 0 spiro atoms. The fraction of sp³-hybridized carbons (Fsp3) is 0.278. The summed E-state index contributed by atoms with van der Waals surface area (Å²) in [5, 5.41) is 5.23. The van der Waals surface area contributed by atoms with Crippen LogP contribution in [0.3, 0.4) is 0 Å². The number of carbonyl (C=O) groups is 2. The Labute approximate surface area is 150 Å². The van der Waals surface area contributed by atoms with Crippen LogP contribution in [-0.4, -0.2) is 36.1 Å². The van der Waals surface area contributed by atoms with E-state index < -0.39 is 12.1 Å². The van der Waals surface area contributed by atoms with E-state index in [-0.39, 0.29) is 11.6 Å². The zero-order chi connectivity index (χ0) is 17.8. The lowest BCUT2D eigenvalue weighted by molar-refractivity contribution is -0.126. The summed E-state index contributed by atoms with van der Waals surface area (Å²) in [5.41, 5.74) is 2.21. The lowest BCUT2D eigenvalue weighted by Crippen LogP contribution is -2.39. The first-order valence-electron chi connectivity index (χ1n) is 8.00. The van der Waals surface area contributed by atoms with Crippen LogP contribution in [0.25, 0.3) is 0 Å². The number of carbonyl (C=O) groups excluding carboxylic acids is 2. The molecule has 1 aromatic carbocycles. The average Bonchev–Trinajstić information content (AvgIpc) is 3.26. The van der Waals surface area contributed by atoms with Crippen molar-refractivity contribution in [1.29, 1.82) is 0 Å². The molecule has 25 heavy (non-hydrogen) atoms. The largest absolute Gasteiger partial charge is 0.448 e. The molecule has 0 bridgehead atoms. The number of benzene rings is 1. The summed E-state index contributed by atoms with van der Waals surface area (Å²) < 4.78 is 5.31. The van der Waals surface area contributed by atoms with Crippen molar-refractivity contribution >= 4 is 34.0 Å². The number of hydrogen-bond donors (Lipinski definition) is 1. The third kappa shape index (κ3) is 3.71. The van der Waals surface area contributed by atoms with E-state index in [2.05, 4.69) is 16.9 Å². The maximum atomic E-state index is 12.6. The molecule has 1 aromatic heterocycles. The minimum absolute atomic E-state index is 0.193. The summed E-state index contributed by atoms with van der Waals surface area (Å²) in [7, 11) is 0. The Bertz CT molecular complexity index is 802. The van der Waals surface area contributed by atoms with Gasteiger partial charge in [-0.2, -0.15) is 0 Å². The molecule has 0 aliphatic carbocycles. The highest BCUT2D eigenvalue weighted by Crippen LogP contribution is 2.28. The van der Waals surface area contributed by atoms with E-state index in [0.717, 1.165) is 17.7 Å². The second kappa shape index (κ2) is 7.48. The lowest BCUT2D eigenvalue weighted by atomic mass is 10.2. The zero-order valence-electron chi connectivity index (χ0n) is 13.9. The molecule has 1 N–H and O–H groups in total. The molecule has 3 rings (SSSR count). The molecular weight excluding hydrogens is 338 g/mol. The summed E-state index contributed by atoms with van der Waals surface area (Å²) >= 11 is 1.30. The van der Waals surface area contributed by atoms with E-state index >= 15 is 0 Å². The van der Waals surface area contributed by atoms with Crippen molar-refractivity contribution in [2.75, 3.05) is 23.3 Å². The number of nitrogens with one attached hydrogen (secondary N) is 1. The Morgan fingerprint density at radius 1 is 1.48 bits per heavy atom. The predicted molar refractivity (Wildman–Crippen MR) is 98.2 cm³/mol. The van der Waals surface area contributed by atoms with Gasteiger partial charge in [0.1, 0.15) is 0 Å². The fourth-order valence-corrected chi connectivity index (χ4v) is 3.36. The average molecular weight is 357 g/mol. The summed E-state index contributed by atoms with van der Waals surface area (Å²) in [6.07, 6.45) is 1.64. The van der Waals surface area contributed by atoms with Crippen LogP contribution in [0.15, 0.2) is 42.3 Å². The number of para-hydroxylation sites is 1. The molecule has 1 aliphatic rings. The van der Waals surface area contributed by atoms with Crippen molar-refractivity contribution in [1.82, 2.24) is 4.98 Å². The van der Waals surface area contributed by atoms with Crippen molar-refractivity contribution < 1.29 is 14.3 Å². The van der Waals surface area contributed by atoms with Gasteiger partial charge in [-0.05, 0) is 25.0 Å². The van der Waals surface area contributed by atoms with Gasteiger partial charge < -0.3 is 15.0 Å². The first-order chi connectivity index (χ1) is 12.1. The molecule has 7 heteroatoms. The van der Waals surface area contributed by atoms with Crippen LogP contribution in [0.2, 0.25) is 0 Å². The quantitative estimate of drug-likeness (QED) is 0.636. The van der Waals surface area contributed by atoms with E-state index in [1.54, 1.807) is 23.3 Å². The summed E-state index contributed by atoms with van der Waals surface area (Å²) in [5.74, 6) is -0.824. The van der Waals surface area contributed by atoms with Gasteiger partial charge in [-0.25, -0.2) is 9.78 Å². The standard InChI is InChI=1S/C18H19N3O3S/c1-3-9-19-18-20-14(11-25-18)17(23)24-12(2)16(22)21-10-8-13-6-4-5-7-15(13)21/h3-7,11-12H,1,8-10H2,2H3,(H,19,20). The normalized spacial score (nSPS) is 13.9. The van der Waals surface area contributed by atoms with Crippen LogP contribution in [0.5, 0.6) is 0 Å². The van der Waals surface area contributed by atoms with E-state index in [4.69, 9.17) is 4.74 Å². The third-order valence-corrected chi connectivity index (χ3v) is 4.70. The zero-order valence-corrected chi connectivity index (χ0v) is 14.7. The molecule has 6 nitrogen and oxygen atoms in total. The number of ether oxygens (including phenoxy) is 1. The molecule has 130 valence electrons. The molecular formula is C18H19N3O3S. The minimum atomic E-state index is -0.870. The van der Waals surface area contributed by atoms with Crippen LogP contribution >= 0.6 is 11.3 Å². The fourth-order valence-electron chi connectivity index (χ4n) is 2.67. The van der Waals surface area contributed by atoms with E-state index in [0.29, 0.717) is 18.2 Å². The Balaban J connectivity index is 1.63. The molecule has 1 aliphatic heterocycles. The van der Waals surface area contributed by atoms with Crippen LogP contribution in [0.4, 0.5) is 10.8 Å². The van der Waals surface area contributed by atoms with Crippen molar-refractivity contribution in [3.63, 3.8) is 0 Å². The van der Waals surface area contributed by atoms with Gasteiger partial charge in [0, 0.05) is 24.2 Å². The molecule has 2 aromatic rings. The highest BCUT2D eigenvalue weighted by molar-refractivity contribution is 7.13. The number of esters is 1. The van der Waals surface area contributed by atoms with Gasteiger partial charge in [0.25, 0.3) is 5.91 Å². The monoisotopic (exact) mass is 357 g/mol. The number of anilines is 2. The summed E-state index contributed by atoms with van der Waals surface area (Å²) in [4.78, 5) is 30.7. The maximum Gasteiger partial charge on any atom is 0.358 e. The number of aromatic nitrogens is 1. The van der Waals surface area contributed by atoms with Gasteiger partial charge in [-0.3, -0.25) is 4.79 Å². The smallest absolute Gasteiger partial charge is 0.358 e. The number of fused-ring (bicyclic) bond motifs is 1. The molecule has 0 saturated carbocycles. The molecule has 1 unspecified atom stereocenters. The van der Waals surface area contributed by atoms with Gasteiger partial charge in [0.2, 0.25) is 0 Å². The number of rotatable bonds is 6. The third-order valence-electron chi connectivity index (χ3n) is 3.90. The Morgan fingerprint density at radius 3 is 3.08 bits per heavy atom. The number of hydrogen-bond acceptors (Lipinski definition) is 6. The van der Waals surface area contributed by atoms with Crippen molar-refractivity contribution in [3.05, 3.63) is 53.6 Å². The van der Waals surface area contributed by atoms with Crippen molar-refractivity contribution in [2.45, 2.75) is 19.4 Å². The van der Waals surface area contributed by atoms with Crippen molar-refractivity contribution in [2.24, 2.45) is 0 Å². The predicted octanol–water partition coefficient (Wildman–Crippen LogP) is 2.88. The first kappa shape index (κ1) is 17.2. The van der Waals surface area contributed by atoms with E-state index in [9.17, 15) is 9.59 Å². The highest BCUT2D eigenvalue weighted by Gasteiger charge is 2.30.